The SMILES string of the molecule is Cc1ccc(NS(=O)(=O)c2ccc(OCC(=O)NCc3cccc4ccccc34)cc2)cc1Cl. The Balaban J connectivity index is 1.32. The largest absolute Gasteiger partial charge is 0.484 e. The maximum absolute atomic E-state index is 12.6. The van der Waals surface area contributed by atoms with E-state index in [0.29, 0.717) is 23.0 Å². The number of sulfonamides is 1. The molecular formula is C26H23ClN2O4S. The maximum atomic E-state index is 12.6. The third-order valence-electron chi connectivity index (χ3n) is 5.28. The Kier molecular flexibility index (Phi) is 7.05. The van der Waals surface area contributed by atoms with Crippen LogP contribution >= 0.6 is 11.6 Å². The van der Waals surface area contributed by atoms with Crippen LogP contribution in [-0.2, 0) is 21.4 Å². The second-order valence-electron chi connectivity index (χ2n) is 7.74. The van der Waals surface area contributed by atoms with Gasteiger partial charge < -0.3 is 10.1 Å². The molecule has 0 saturated heterocycles. The zero-order valence-electron chi connectivity index (χ0n) is 18.4. The monoisotopic (exact) mass is 494 g/mol. The van der Waals surface area contributed by atoms with Crippen LogP contribution in [0.15, 0.2) is 89.8 Å². The molecule has 4 aromatic carbocycles. The van der Waals surface area contributed by atoms with E-state index in [1.807, 2.05) is 49.4 Å². The zero-order chi connectivity index (χ0) is 24.1. The average molecular weight is 495 g/mol. The molecule has 0 aromatic heterocycles. The number of aryl methyl sites for hydroxylation is 1. The zero-order valence-corrected chi connectivity index (χ0v) is 20.0. The van der Waals surface area contributed by atoms with Crippen molar-refractivity contribution in [2.24, 2.45) is 0 Å². The van der Waals surface area contributed by atoms with Crippen molar-refractivity contribution >= 4 is 44.0 Å². The number of carbonyl (C=O) groups excluding carboxylic acids is 1. The number of rotatable bonds is 8. The third-order valence-corrected chi connectivity index (χ3v) is 7.09. The van der Waals surface area contributed by atoms with Gasteiger partial charge in [0.25, 0.3) is 15.9 Å². The Morgan fingerprint density at radius 3 is 2.44 bits per heavy atom. The molecule has 1 amide bonds. The van der Waals surface area contributed by atoms with Crippen LogP contribution in [0.3, 0.4) is 0 Å². The second kappa shape index (κ2) is 10.2. The highest BCUT2D eigenvalue weighted by Gasteiger charge is 2.15. The van der Waals surface area contributed by atoms with E-state index < -0.39 is 10.0 Å². The molecule has 174 valence electrons. The maximum Gasteiger partial charge on any atom is 0.261 e. The summed E-state index contributed by atoms with van der Waals surface area (Å²) in [4.78, 5) is 12.3. The summed E-state index contributed by atoms with van der Waals surface area (Å²) in [6.07, 6.45) is 0. The molecule has 0 fully saturated rings. The molecule has 8 heteroatoms. The number of benzene rings is 4. The van der Waals surface area contributed by atoms with Crippen molar-refractivity contribution in [3.05, 3.63) is 101 Å². The summed E-state index contributed by atoms with van der Waals surface area (Å²) in [6, 6.07) is 24.7. The quantitative estimate of drug-likeness (QED) is 0.348. The summed E-state index contributed by atoms with van der Waals surface area (Å²) < 4.78 is 33.3. The van der Waals surface area contributed by atoms with Crippen molar-refractivity contribution in [3.63, 3.8) is 0 Å². The lowest BCUT2D eigenvalue weighted by Gasteiger charge is -2.11. The van der Waals surface area contributed by atoms with E-state index in [0.717, 1.165) is 21.9 Å². The summed E-state index contributed by atoms with van der Waals surface area (Å²) in [5, 5.41) is 5.53. The molecule has 0 heterocycles. The first-order chi connectivity index (χ1) is 16.3. The van der Waals surface area contributed by atoms with Crippen molar-refractivity contribution in [1.29, 1.82) is 0 Å². The predicted molar refractivity (Wildman–Crippen MR) is 135 cm³/mol. The van der Waals surface area contributed by atoms with E-state index in [1.54, 1.807) is 18.2 Å². The first-order valence-corrected chi connectivity index (χ1v) is 12.4. The minimum Gasteiger partial charge on any atom is -0.484 e. The Labute approximate surface area is 203 Å². The van der Waals surface area contributed by atoms with Gasteiger partial charge in [-0.25, -0.2) is 8.42 Å². The summed E-state index contributed by atoms with van der Waals surface area (Å²) in [6.45, 7) is 2.04. The lowest BCUT2D eigenvalue weighted by atomic mass is 10.0. The Morgan fingerprint density at radius 1 is 0.941 bits per heavy atom. The van der Waals surface area contributed by atoms with Gasteiger partial charge in [-0.1, -0.05) is 60.1 Å². The Morgan fingerprint density at radius 2 is 1.68 bits per heavy atom. The number of hydrogen-bond donors (Lipinski definition) is 2. The molecule has 0 bridgehead atoms. The Hall–Kier alpha value is -3.55. The van der Waals surface area contributed by atoms with E-state index in [2.05, 4.69) is 10.0 Å². The molecule has 0 saturated carbocycles. The van der Waals surface area contributed by atoms with Gasteiger partial charge in [0.2, 0.25) is 0 Å². The number of fused-ring (bicyclic) bond motifs is 1. The minimum atomic E-state index is -3.79. The Bertz CT molecular complexity index is 1430. The molecule has 4 aromatic rings. The van der Waals surface area contributed by atoms with Crippen LogP contribution in [0.5, 0.6) is 5.75 Å². The topological polar surface area (TPSA) is 84.5 Å². The second-order valence-corrected chi connectivity index (χ2v) is 9.83. The van der Waals surface area contributed by atoms with Gasteiger partial charge in [-0.2, -0.15) is 0 Å². The molecule has 4 rings (SSSR count). The van der Waals surface area contributed by atoms with E-state index in [9.17, 15) is 13.2 Å². The number of halogens is 1. The molecule has 34 heavy (non-hydrogen) atoms. The number of nitrogens with one attached hydrogen (secondary N) is 2. The van der Waals surface area contributed by atoms with Gasteiger partial charge in [0, 0.05) is 11.6 Å². The first kappa shape index (κ1) is 23.6. The number of ether oxygens (including phenoxy) is 1. The van der Waals surface area contributed by atoms with Gasteiger partial charge >= 0.3 is 0 Å². The summed E-state index contributed by atoms with van der Waals surface area (Å²) in [5.74, 6) is 0.111. The van der Waals surface area contributed by atoms with Crippen LogP contribution in [0.1, 0.15) is 11.1 Å². The summed E-state index contributed by atoms with van der Waals surface area (Å²) >= 11 is 6.07. The third kappa shape index (κ3) is 5.68. The molecule has 0 unspecified atom stereocenters. The van der Waals surface area contributed by atoms with Crippen LogP contribution in [-0.4, -0.2) is 20.9 Å². The molecule has 0 radical (unpaired) electrons. The van der Waals surface area contributed by atoms with Gasteiger partial charge in [0.1, 0.15) is 5.75 Å². The van der Waals surface area contributed by atoms with Crippen molar-refractivity contribution in [3.8, 4) is 5.75 Å². The number of amides is 1. The highest BCUT2D eigenvalue weighted by Crippen LogP contribution is 2.24. The first-order valence-electron chi connectivity index (χ1n) is 10.6. The fourth-order valence-electron chi connectivity index (χ4n) is 3.43. The van der Waals surface area contributed by atoms with Crippen LogP contribution in [0.4, 0.5) is 5.69 Å². The van der Waals surface area contributed by atoms with Crippen molar-refractivity contribution in [1.82, 2.24) is 5.32 Å². The molecule has 0 aliphatic rings. The van der Waals surface area contributed by atoms with Crippen molar-refractivity contribution < 1.29 is 17.9 Å². The smallest absolute Gasteiger partial charge is 0.261 e. The van der Waals surface area contributed by atoms with Crippen LogP contribution in [0.2, 0.25) is 5.02 Å². The van der Waals surface area contributed by atoms with Gasteiger partial charge in [0.05, 0.1) is 10.6 Å². The molecule has 0 aliphatic carbocycles. The molecule has 0 spiro atoms. The highest BCUT2D eigenvalue weighted by atomic mass is 35.5. The number of hydrogen-bond acceptors (Lipinski definition) is 4. The van der Waals surface area contributed by atoms with Crippen molar-refractivity contribution in [2.75, 3.05) is 11.3 Å². The fraction of sp³-hybridized carbons (Fsp3) is 0.115. The van der Waals surface area contributed by atoms with Crippen molar-refractivity contribution in [2.45, 2.75) is 18.4 Å². The predicted octanol–water partition coefficient (Wildman–Crippen LogP) is 5.30. The van der Waals surface area contributed by atoms with Crippen LogP contribution in [0.25, 0.3) is 10.8 Å². The van der Waals surface area contributed by atoms with E-state index in [4.69, 9.17) is 16.3 Å². The van der Waals surface area contributed by atoms with E-state index in [1.165, 1.54) is 24.3 Å². The van der Waals surface area contributed by atoms with Crippen LogP contribution < -0.4 is 14.8 Å². The summed E-state index contributed by atoms with van der Waals surface area (Å²) in [7, 11) is -3.79. The number of carbonyl (C=O) groups is 1. The standard InChI is InChI=1S/C26H23ClN2O4S/c1-18-9-10-21(15-25(18)27)29-34(31,32)23-13-11-22(12-14-23)33-17-26(30)28-16-20-7-4-6-19-5-2-3-8-24(19)20/h2-15,29H,16-17H2,1H3,(H,28,30). The van der Waals surface area contributed by atoms with Gasteiger partial charge in [-0.3, -0.25) is 9.52 Å². The average Bonchev–Trinajstić information content (AvgIpc) is 2.84. The normalized spacial score (nSPS) is 11.2. The van der Waals surface area contributed by atoms with Gasteiger partial charge in [-0.05, 0) is 65.2 Å². The lowest BCUT2D eigenvalue weighted by molar-refractivity contribution is -0.123. The molecular weight excluding hydrogens is 472 g/mol. The fourth-order valence-corrected chi connectivity index (χ4v) is 4.66. The summed E-state index contributed by atoms with van der Waals surface area (Å²) in [5.41, 5.74) is 2.24. The molecule has 2 N–H and O–H groups in total. The molecule has 0 atom stereocenters. The molecule has 0 aliphatic heterocycles. The lowest BCUT2D eigenvalue weighted by Crippen LogP contribution is -2.28. The van der Waals surface area contributed by atoms with Crippen LogP contribution in [0, 0.1) is 6.92 Å². The highest BCUT2D eigenvalue weighted by molar-refractivity contribution is 7.92. The van der Waals surface area contributed by atoms with Gasteiger partial charge in [-0.15, -0.1) is 0 Å². The van der Waals surface area contributed by atoms with E-state index >= 15 is 0 Å². The molecule has 6 nitrogen and oxygen atoms in total. The number of anilines is 1. The van der Waals surface area contributed by atoms with Gasteiger partial charge in [0.15, 0.2) is 6.61 Å². The minimum absolute atomic E-state index is 0.0666. The van der Waals surface area contributed by atoms with E-state index in [-0.39, 0.29) is 17.4 Å².